The predicted molar refractivity (Wildman–Crippen MR) is 108 cm³/mol. The predicted octanol–water partition coefficient (Wildman–Crippen LogP) is 4.30. The summed E-state index contributed by atoms with van der Waals surface area (Å²) in [6, 6.07) is 17.0. The van der Waals surface area contributed by atoms with Gasteiger partial charge in [-0.25, -0.2) is 5.43 Å². The molecule has 1 amide bonds. The van der Waals surface area contributed by atoms with Crippen molar-refractivity contribution in [2.45, 2.75) is 20.0 Å². The number of nitro benzene ring substituents is 1. The minimum absolute atomic E-state index is 0.0111. The van der Waals surface area contributed by atoms with Gasteiger partial charge < -0.3 is 4.74 Å². The lowest BCUT2D eigenvalue weighted by molar-refractivity contribution is -0.384. The van der Waals surface area contributed by atoms with Gasteiger partial charge in [-0.15, -0.1) is 0 Å². The van der Waals surface area contributed by atoms with E-state index in [9.17, 15) is 14.9 Å². The Kier molecular flexibility index (Phi) is 5.64. The van der Waals surface area contributed by atoms with Gasteiger partial charge in [0.05, 0.1) is 17.2 Å². The molecule has 3 aromatic carbocycles. The van der Waals surface area contributed by atoms with Gasteiger partial charge in [0.1, 0.15) is 5.75 Å². The number of nitrogens with one attached hydrogen (secondary N) is 1. The first-order valence-electron chi connectivity index (χ1n) is 8.72. The zero-order chi connectivity index (χ0) is 20.1. The lowest BCUT2D eigenvalue weighted by Crippen LogP contribution is -2.17. The number of carbonyl (C=O) groups excluding carboxylic acids is 1. The molecule has 0 saturated heterocycles. The fraction of sp³-hybridized carbons (Fsp3) is 0.143. The Labute approximate surface area is 161 Å². The quantitative estimate of drug-likeness (QED) is 0.394. The topological polar surface area (TPSA) is 93.8 Å². The van der Waals surface area contributed by atoms with Gasteiger partial charge in [-0.2, -0.15) is 5.10 Å². The maximum atomic E-state index is 12.2. The molecule has 0 aliphatic carbocycles. The lowest BCUT2D eigenvalue weighted by Gasteiger charge is -2.14. The summed E-state index contributed by atoms with van der Waals surface area (Å²) in [4.78, 5) is 22.4. The van der Waals surface area contributed by atoms with Crippen LogP contribution in [0.1, 0.15) is 29.8 Å². The van der Waals surface area contributed by atoms with Crippen LogP contribution < -0.4 is 10.2 Å². The molecule has 0 fully saturated rings. The summed E-state index contributed by atoms with van der Waals surface area (Å²) in [7, 11) is 0. The molecule has 0 spiro atoms. The Morgan fingerprint density at radius 1 is 1.11 bits per heavy atom. The summed E-state index contributed by atoms with van der Waals surface area (Å²) in [5.74, 6) is 0.208. The van der Waals surface area contributed by atoms with Crippen LogP contribution in [0.5, 0.6) is 5.75 Å². The molecule has 7 nitrogen and oxygen atoms in total. The number of rotatable bonds is 6. The van der Waals surface area contributed by atoms with E-state index in [-0.39, 0.29) is 17.4 Å². The van der Waals surface area contributed by atoms with E-state index < -0.39 is 10.8 Å². The van der Waals surface area contributed by atoms with Gasteiger partial charge in [-0.3, -0.25) is 14.9 Å². The number of ether oxygens (including phenoxy) is 1. The first kappa shape index (κ1) is 19.0. The van der Waals surface area contributed by atoms with E-state index in [2.05, 4.69) is 10.5 Å². The number of benzene rings is 3. The summed E-state index contributed by atoms with van der Waals surface area (Å²) < 4.78 is 5.86. The number of fused-ring (bicyclic) bond motifs is 1. The van der Waals surface area contributed by atoms with Crippen molar-refractivity contribution in [3.63, 3.8) is 0 Å². The second kappa shape index (κ2) is 8.30. The first-order chi connectivity index (χ1) is 13.5. The number of nitro groups is 1. The fourth-order valence-corrected chi connectivity index (χ4v) is 2.72. The summed E-state index contributed by atoms with van der Waals surface area (Å²) in [5, 5.41) is 16.7. The molecule has 142 valence electrons. The van der Waals surface area contributed by atoms with E-state index in [1.807, 2.05) is 50.2 Å². The second-order valence-electron chi connectivity index (χ2n) is 6.37. The number of nitrogens with zero attached hydrogens (tertiary/aromatic N) is 2. The highest BCUT2D eigenvalue weighted by molar-refractivity contribution is 6.03. The molecule has 1 N–H and O–H groups in total. The van der Waals surface area contributed by atoms with Crippen LogP contribution >= 0.6 is 0 Å². The summed E-state index contributed by atoms with van der Waals surface area (Å²) >= 11 is 0. The highest BCUT2D eigenvalue weighted by Crippen LogP contribution is 2.27. The van der Waals surface area contributed by atoms with Gasteiger partial charge in [0, 0.05) is 23.3 Å². The van der Waals surface area contributed by atoms with Crippen LogP contribution in [0.4, 0.5) is 5.69 Å². The molecule has 0 aromatic heterocycles. The minimum atomic E-state index is -0.517. The molecule has 0 saturated carbocycles. The molecule has 7 heteroatoms. The molecular weight excluding hydrogens is 358 g/mol. The van der Waals surface area contributed by atoms with Crippen LogP contribution in [0.2, 0.25) is 0 Å². The average Bonchev–Trinajstić information content (AvgIpc) is 2.69. The van der Waals surface area contributed by atoms with Crippen molar-refractivity contribution in [3.8, 4) is 5.75 Å². The number of amides is 1. The van der Waals surface area contributed by atoms with Crippen LogP contribution in [-0.4, -0.2) is 23.1 Å². The third-order valence-corrected chi connectivity index (χ3v) is 3.99. The van der Waals surface area contributed by atoms with E-state index in [1.54, 1.807) is 6.21 Å². The maximum Gasteiger partial charge on any atom is 0.271 e. The lowest BCUT2D eigenvalue weighted by atomic mass is 10.0. The standard InChI is InChI=1S/C21H19N3O4/c1-14(2)28-20-12-9-15-5-3-4-6-18(15)19(20)13-22-23-21(25)16-7-10-17(11-8-16)24(26)27/h3-14H,1-2H3,(H,23,25)/b22-13+. The van der Waals surface area contributed by atoms with Gasteiger partial charge >= 0.3 is 0 Å². The Balaban J connectivity index is 1.83. The molecule has 0 aliphatic rings. The molecule has 0 radical (unpaired) electrons. The van der Waals surface area contributed by atoms with E-state index in [0.29, 0.717) is 5.75 Å². The Morgan fingerprint density at radius 3 is 2.50 bits per heavy atom. The maximum absolute atomic E-state index is 12.2. The van der Waals surface area contributed by atoms with Crippen molar-refractivity contribution in [3.05, 3.63) is 81.9 Å². The normalized spacial score (nSPS) is 11.1. The van der Waals surface area contributed by atoms with Gasteiger partial charge in [0.25, 0.3) is 11.6 Å². The van der Waals surface area contributed by atoms with Crippen LogP contribution in [0, 0.1) is 10.1 Å². The smallest absolute Gasteiger partial charge is 0.271 e. The fourth-order valence-electron chi connectivity index (χ4n) is 2.72. The van der Waals surface area contributed by atoms with Crippen molar-refractivity contribution in [1.82, 2.24) is 5.43 Å². The number of carbonyl (C=O) groups is 1. The molecular formula is C21H19N3O4. The molecule has 0 aliphatic heterocycles. The minimum Gasteiger partial charge on any atom is -0.490 e. The van der Waals surface area contributed by atoms with Crippen LogP contribution in [-0.2, 0) is 0 Å². The number of non-ortho nitro benzene ring substituents is 1. The third-order valence-electron chi connectivity index (χ3n) is 3.99. The largest absolute Gasteiger partial charge is 0.490 e. The number of hydrogen-bond acceptors (Lipinski definition) is 5. The molecule has 0 atom stereocenters. The molecule has 0 heterocycles. The molecule has 0 unspecified atom stereocenters. The molecule has 3 aromatic rings. The van der Waals surface area contributed by atoms with Crippen LogP contribution in [0.25, 0.3) is 10.8 Å². The van der Waals surface area contributed by atoms with Gasteiger partial charge in [0.15, 0.2) is 0 Å². The van der Waals surface area contributed by atoms with Crippen LogP contribution in [0.3, 0.4) is 0 Å². The SMILES string of the molecule is CC(C)Oc1ccc2ccccc2c1/C=N/NC(=O)c1ccc([N+](=O)[O-])cc1. The van der Waals surface area contributed by atoms with Gasteiger partial charge in [0.2, 0.25) is 0 Å². The summed E-state index contributed by atoms with van der Waals surface area (Å²) in [6.07, 6.45) is 1.53. The number of hydrogen-bond donors (Lipinski definition) is 1. The second-order valence-corrected chi connectivity index (χ2v) is 6.37. The molecule has 0 bridgehead atoms. The Morgan fingerprint density at radius 2 is 1.82 bits per heavy atom. The zero-order valence-electron chi connectivity index (χ0n) is 15.5. The van der Waals surface area contributed by atoms with Crippen molar-refractivity contribution in [2.24, 2.45) is 5.10 Å². The van der Waals surface area contributed by atoms with E-state index in [1.165, 1.54) is 24.3 Å². The van der Waals surface area contributed by atoms with Crippen molar-refractivity contribution >= 4 is 28.6 Å². The highest BCUT2D eigenvalue weighted by atomic mass is 16.6. The highest BCUT2D eigenvalue weighted by Gasteiger charge is 2.10. The van der Waals surface area contributed by atoms with E-state index in [0.717, 1.165) is 16.3 Å². The van der Waals surface area contributed by atoms with Crippen molar-refractivity contribution < 1.29 is 14.5 Å². The monoisotopic (exact) mass is 377 g/mol. The Hall–Kier alpha value is -3.74. The molecule has 3 rings (SSSR count). The first-order valence-corrected chi connectivity index (χ1v) is 8.72. The molecule has 28 heavy (non-hydrogen) atoms. The summed E-state index contributed by atoms with van der Waals surface area (Å²) in [6.45, 7) is 3.87. The van der Waals surface area contributed by atoms with Gasteiger partial charge in [-0.05, 0) is 42.8 Å². The average molecular weight is 377 g/mol. The zero-order valence-corrected chi connectivity index (χ0v) is 15.5. The van der Waals surface area contributed by atoms with E-state index in [4.69, 9.17) is 4.74 Å². The third kappa shape index (κ3) is 4.32. The van der Waals surface area contributed by atoms with Crippen molar-refractivity contribution in [1.29, 1.82) is 0 Å². The van der Waals surface area contributed by atoms with Crippen LogP contribution in [0.15, 0.2) is 65.8 Å². The summed E-state index contributed by atoms with van der Waals surface area (Å²) in [5.41, 5.74) is 3.41. The van der Waals surface area contributed by atoms with E-state index >= 15 is 0 Å². The Bertz CT molecular complexity index is 1040. The van der Waals surface area contributed by atoms with Gasteiger partial charge in [-0.1, -0.05) is 30.3 Å². The number of hydrazone groups is 1. The van der Waals surface area contributed by atoms with Crippen molar-refractivity contribution in [2.75, 3.05) is 0 Å².